The summed E-state index contributed by atoms with van der Waals surface area (Å²) in [5.41, 5.74) is 7.72. The number of phenols is 1. The summed E-state index contributed by atoms with van der Waals surface area (Å²) in [5, 5.41) is 12.1. The summed E-state index contributed by atoms with van der Waals surface area (Å²) in [6.45, 7) is 7.26. The van der Waals surface area contributed by atoms with E-state index in [9.17, 15) is 14.7 Å². The standard InChI is InChI=1S/C26H36N2O4/c1-4-26(2,3)20-11-15-22(16-12-20)32-17-7-5-6-8-24(30)28-23(25(27)31)18-19-9-13-21(29)14-10-19/h9-16,23,29H,4-8,17-18H2,1-3H3,(H2,27,31)(H,28,30). The molecule has 0 radical (unpaired) electrons. The summed E-state index contributed by atoms with van der Waals surface area (Å²) in [4.78, 5) is 23.9. The minimum atomic E-state index is -0.768. The number of carbonyl (C=O) groups is 2. The number of hydrogen-bond acceptors (Lipinski definition) is 4. The van der Waals surface area contributed by atoms with Crippen molar-refractivity contribution in [2.75, 3.05) is 6.61 Å². The lowest BCUT2D eigenvalue weighted by atomic mass is 9.82. The molecule has 0 spiro atoms. The molecule has 0 aliphatic carbocycles. The average Bonchev–Trinajstić information content (AvgIpc) is 2.77. The molecular weight excluding hydrogens is 404 g/mol. The average molecular weight is 441 g/mol. The van der Waals surface area contributed by atoms with Gasteiger partial charge in [-0.2, -0.15) is 0 Å². The molecule has 6 nitrogen and oxygen atoms in total. The van der Waals surface area contributed by atoms with E-state index in [2.05, 4.69) is 38.2 Å². The number of unbranched alkanes of at least 4 members (excludes halogenated alkanes) is 2. The Labute approximate surface area is 191 Å². The Morgan fingerprint density at radius 3 is 2.28 bits per heavy atom. The fourth-order valence-corrected chi connectivity index (χ4v) is 3.32. The monoisotopic (exact) mass is 440 g/mol. The van der Waals surface area contributed by atoms with E-state index in [1.54, 1.807) is 12.1 Å². The summed E-state index contributed by atoms with van der Waals surface area (Å²) in [5.74, 6) is 0.238. The van der Waals surface area contributed by atoms with E-state index in [1.165, 1.54) is 17.7 Å². The molecule has 4 N–H and O–H groups in total. The first kappa shape index (κ1) is 25.2. The van der Waals surface area contributed by atoms with Crippen LogP contribution in [0.15, 0.2) is 48.5 Å². The van der Waals surface area contributed by atoms with Gasteiger partial charge in [0.1, 0.15) is 17.5 Å². The van der Waals surface area contributed by atoms with E-state index in [4.69, 9.17) is 10.5 Å². The van der Waals surface area contributed by atoms with E-state index < -0.39 is 11.9 Å². The maximum Gasteiger partial charge on any atom is 0.240 e. The van der Waals surface area contributed by atoms with Gasteiger partial charge in [0.05, 0.1) is 6.61 Å². The number of phenolic OH excluding ortho intramolecular Hbond substituents is 1. The lowest BCUT2D eigenvalue weighted by Gasteiger charge is -2.23. The van der Waals surface area contributed by atoms with Gasteiger partial charge in [0.15, 0.2) is 0 Å². The maximum atomic E-state index is 12.2. The number of benzene rings is 2. The van der Waals surface area contributed by atoms with E-state index in [0.717, 1.165) is 30.6 Å². The van der Waals surface area contributed by atoms with Gasteiger partial charge in [0.25, 0.3) is 0 Å². The van der Waals surface area contributed by atoms with Gasteiger partial charge in [-0.3, -0.25) is 9.59 Å². The summed E-state index contributed by atoms with van der Waals surface area (Å²) >= 11 is 0. The zero-order chi connectivity index (χ0) is 23.6. The van der Waals surface area contributed by atoms with Crippen LogP contribution in [0.4, 0.5) is 0 Å². The Morgan fingerprint density at radius 1 is 1.03 bits per heavy atom. The lowest BCUT2D eigenvalue weighted by Crippen LogP contribution is -2.45. The number of ether oxygens (including phenoxy) is 1. The van der Waals surface area contributed by atoms with Gasteiger partial charge in [-0.1, -0.05) is 45.0 Å². The minimum absolute atomic E-state index is 0.148. The molecule has 2 aromatic carbocycles. The molecule has 0 bridgehead atoms. The lowest BCUT2D eigenvalue weighted by molar-refractivity contribution is -0.127. The van der Waals surface area contributed by atoms with Crippen molar-refractivity contribution in [3.8, 4) is 11.5 Å². The van der Waals surface area contributed by atoms with E-state index >= 15 is 0 Å². The van der Waals surface area contributed by atoms with Crippen LogP contribution in [0, 0.1) is 0 Å². The number of rotatable bonds is 13. The normalized spacial score (nSPS) is 12.2. The molecule has 2 aromatic rings. The van der Waals surface area contributed by atoms with Crippen molar-refractivity contribution in [3.05, 3.63) is 59.7 Å². The summed E-state index contributed by atoms with van der Waals surface area (Å²) in [7, 11) is 0. The highest BCUT2D eigenvalue weighted by Gasteiger charge is 2.19. The smallest absolute Gasteiger partial charge is 0.240 e. The Balaban J connectivity index is 1.66. The molecule has 6 heteroatoms. The van der Waals surface area contributed by atoms with Crippen LogP contribution >= 0.6 is 0 Å². The first-order valence-electron chi connectivity index (χ1n) is 11.3. The largest absolute Gasteiger partial charge is 0.508 e. The molecule has 2 rings (SSSR count). The number of nitrogens with two attached hydrogens (primary N) is 1. The summed E-state index contributed by atoms with van der Waals surface area (Å²) in [6, 6.07) is 14.0. The van der Waals surface area contributed by atoms with E-state index in [0.29, 0.717) is 25.9 Å². The van der Waals surface area contributed by atoms with E-state index in [1.807, 2.05) is 12.1 Å². The molecule has 0 fully saturated rings. The van der Waals surface area contributed by atoms with Gasteiger partial charge in [0.2, 0.25) is 11.8 Å². The molecule has 0 saturated carbocycles. The van der Waals surface area contributed by atoms with Crippen LogP contribution in [-0.2, 0) is 21.4 Å². The number of amides is 2. The van der Waals surface area contributed by atoms with E-state index in [-0.39, 0.29) is 17.1 Å². The zero-order valence-corrected chi connectivity index (χ0v) is 19.4. The van der Waals surface area contributed by atoms with Gasteiger partial charge >= 0.3 is 0 Å². The Morgan fingerprint density at radius 2 is 1.69 bits per heavy atom. The predicted octanol–water partition coefficient (Wildman–Crippen LogP) is 4.23. The summed E-state index contributed by atoms with van der Waals surface area (Å²) < 4.78 is 5.81. The molecule has 1 unspecified atom stereocenters. The van der Waals surface area contributed by atoms with Crippen LogP contribution in [0.3, 0.4) is 0 Å². The van der Waals surface area contributed by atoms with Crippen molar-refractivity contribution >= 4 is 11.8 Å². The van der Waals surface area contributed by atoms with Gasteiger partial charge in [-0.15, -0.1) is 0 Å². The highest BCUT2D eigenvalue weighted by Crippen LogP contribution is 2.28. The topological polar surface area (TPSA) is 102 Å². The van der Waals surface area contributed by atoms with Gasteiger partial charge < -0.3 is 20.9 Å². The quantitative estimate of drug-likeness (QED) is 0.406. The molecule has 0 aromatic heterocycles. The number of primary amides is 1. The maximum absolute atomic E-state index is 12.2. The first-order chi connectivity index (χ1) is 15.2. The second kappa shape index (κ2) is 12.1. The van der Waals surface area contributed by atoms with Crippen LogP contribution in [0.5, 0.6) is 11.5 Å². The molecular formula is C26H36N2O4. The van der Waals surface area contributed by atoms with Crippen LogP contribution in [0.1, 0.15) is 64.0 Å². The first-order valence-corrected chi connectivity index (χ1v) is 11.3. The molecule has 0 heterocycles. The van der Waals surface area contributed by atoms with Crippen LogP contribution in [0.2, 0.25) is 0 Å². The Bertz CT molecular complexity index is 860. The number of hydrogen-bond donors (Lipinski definition) is 3. The van der Waals surface area contributed by atoms with Crippen molar-refractivity contribution in [1.82, 2.24) is 5.32 Å². The van der Waals surface area contributed by atoms with Gasteiger partial charge in [0, 0.05) is 12.8 Å². The number of nitrogens with one attached hydrogen (secondary N) is 1. The highest BCUT2D eigenvalue weighted by molar-refractivity contribution is 5.86. The van der Waals surface area contributed by atoms with Crippen molar-refractivity contribution in [2.45, 2.75) is 70.8 Å². The van der Waals surface area contributed by atoms with Gasteiger partial charge in [-0.05, 0) is 66.5 Å². The van der Waals surface area contributed by atoms with Crippen LogP contribution in [-0.4, -0.2) is 29.6 Å². The third-order valence-electron chi connectivity index (χ3n) is 5.89. The Kier molecular flexibility index (Phi) is 9.57. The molecule has 0 saturated heterocycles. The van der Waals surface area contributed by atoms with Crippen molar-refractivity contribution < 1.29 is 19.4 Å². The van der Waals surface area contributed by atoms with Crippen LogP contribution < -0.4 is 15.8 Å². The van der Waals surface area contributed by atoms with Gasteiger partial charge in [-0.25, -0.2) is 0 Å². The highest BCUT2D eigenvalue weighted by atomic mass is 16.5. The molecule has 0 aliphatic heterocycles. The third kappa shape index (κ3) is 8.25. The third-order valence-corrected chi connectivity index (χ3v) is 5.89. The molecule has 0 aliphatic rings. The molecule has 1 atom stereocenters. The predicted molar refractivity (Wildman–Crippen MR) is 127 cm³/mol. The van der Waals surface area contributed by atoms with Crippen molar-refractivity contribution in [2.24, 2.45) is 5.73 Å². The SMILES string of the molecule is CCC(C)(C)c1ccc(OCCCCCC(=O)NC(Cc2ccc(O)cc2)C(N)=O)cc1. The molecule has 2 amide bonds. The number of carbonyl (C=O) groups excluding carboxylic acids is 2. The number of aromatic hydroxyl groups is 1. The second-order valence-corrected chi connectivity index (χ2v) is 8.81. The van der Waals surface area contributed by atoms with Crippen LogP contribution in [0.25, 0.3) is 0 Å². The molecule has 174 valence electrons. The Hall–Kier alpha value is -3.02. The zero-order valence-electron chi connectivity index (χ0n) is 19.4. The minimum Gasteiger partial charge on any atom is -0.508 e. The molecule has 32 heavy (non-hydrogen) atoms. The fourth-order valence-electron chi connectivity index (χ4n) is 3.32. The van der Waals surface area contributed by atoms with Crippen molar-refractivity contribution in [3.63, 3.8) is 0 Å². The van der Waals surface area contributed by atoms with Crippen molar-refractivity contribution in [1.29, 1.82) is 0 Å². The second-order valence-electron chi connectivity index (χ2n) is 8.81. The summed E-state index contributed by atoms with van der Waals surface area (Å²) in [6.07, 6.45) is 4.13. The fraction of sp³-hybridized carbons (Fsp3) is 0.462.